The summed E-state index contributed by atoms with van der Waals surface area (Å²) >= 11 is 5.98. The minimum Gasteiger partial charge on any atom is -0.456 e. The predicted molar refractivity (Wildman–Crippen MR) is 118 cm³/mol. The van der Waals surface area contributed by atoms with Crippen LogP contribution >= 0.6 is 11.6 Å². The molecule has 0 aromatic heterocycles. The van der Waals surface area contributed by atoms with Gasteiger partial charge in [-0.2, -0.15) is 0 Å². The number of amides is 2. The van der Waals surface area contributed by atoms with Gasteiger partial charge in [-0.05, 0) is 37.6 Å². The van der Waals surface area contributed by atoms with E-state index >= 15 is 0 Å². The Morgan fingerprint density at radius 2 is 1.74 bits per heavy atom. The lowest BCUT2D eigenvalue weighted by molar-refractivity contribution is -0.151. The van der Waals surface area contributed by atoms with Crippen LogP contribution in [0.1, 0.15) is 34.3 Å². The third-order valence-electron chi connectivity index (χ3n) is 4.56. The van der Waals surface area contributed by atoms with Gasteiger partial charge in [0.05, 0.1) is 23.7 Å². The molecule has 0 atom stereocenters. The Morgan fingerprint density at radius 3 is 2.45 bits per heavy atom. The Hall–Kier alpha value is -3.19. The van der Waals surface area contributed by atoms with E-state index in [9.17, 15) is 19.2 Å². The van der Waals surface area contributed by atoms with Crippen LogP contribution in [-0.2, 0) is 19.1 Å². The first-order chi connectivity index (χ1) is 14.7. The summed E-state index contributed by atoms with van der Waals surface area (Å²) in [4.78, 5) is 49.6. The molecule has 1 N–H and O–H groups in total. The summed E-state index contributed by atoms with van der Waals surface area (Å²) in [5.74, 6) is -1.78. The number of esters is 1. The van der Waals surface area contributed by atoms with E-state index in [4.69, 9.17) is 16.3 Å². The maximum atomic E-state index is 12.3. The SMILES string of the molecule is Cc1ccc(C)c(C(=O)CCC(=O)OCC(=O)N(C)CC(=O)Nc2ccccc2Cl)c1. The molecule has 8 heteroatoms. The molecular weight excluding hydrogens is 420 g/mol. The van der Waals surface area contributed by atoms with E-state index < -0.39 is 24.4 Å². The van der Waals surface area contributed by atoms with E-state index in [0.29, 0.717) is 16.3 Å². The molecule has 2 amide bonds. The van der Waals surface area contributed by atoms with Crippen molar-refractivity contribution in [3.05, 3.63) is 64.2 Å². The van der Waals surface area contributed by atoms with Gasteiger partial charge in [0.15, 0.2) is 12.4 Å². The van der Waals surface area contributed by atoms with Gasteiger partial charge >= 0.3 is 5.97 Å². The minimum atomic E-state index is -0.652. The van der Waals surface area contributed by atoms with Crippen molar-refractivity contribution in [2.75, 3.05) is 25.5 Å². The number of ketones is 1. The molecule has 0 saturated heterocycles. The quantitative estimate of drug-likeness (QED) is 0.471. The van der Waals surface area contributed by atoms with E-state index in [0.717, 1.165) is 16.0 Å². The first-order valence-electron chi connectivity index (χ1n) is 9.71. The van der Waals surface area contributed by atoms with Crippen molar-refractivity contribution in [2.24, 2.45) is 0 Å². The number of halogens is 1. The van der Waals surface area contributed by atoms with Crippen LogP contribution < -0.4 is 5.32 Å². The molecule has 2 aromatic carbocycles. The second-order valence-corrected chi connectivity index (χ2v) is 7.59. The number of para-hydroxylation sites is 1. The third kappa shape index (κ3) is 7.53. The summed E-state index contributed by atoms with van der Waals surface area (Å²) in [5, 5.41) is 2.99. The van der Waals surface area contributed by atoms with Crippen molar-refractivity contribution in [1.29, 1.82) is 0 Å². The summed E-state index contributed by atoms with van der Waals surface area (Å²) in [6.45, 7) is 2.99. The fourth-order valence-electron chi connectivity index (χ4n) is 2.77. The lowest BCUT2D eigenvalue weighted by Crippen LogP contribution is -2.37. The Morgan fingerprint density at radius 1 is 1.03 bits per heavy atom. The van der Waals surface area contributed by atoms with Gasteiger partial charge < -0.3 is 15.0 Å². The van der Waals surface area contributed by atoms with E-state index in [1.54, 1.807) is 30.3 Å². The number of nitrogens with zero attached hydrogens (tertiary/aromatic N) is 1. The van der Waals surface area contributed by atoms with E-state index in [1.807, 2.05) is 26.0 Å². The number of likely N-dealkylation sites (N-methyl/N-ethyl adjacent to an activating group) is 1. The number of benzene rings is 2. The zero-order chi connectivity index (χ0) is 23.0. The highest BCUT2D eigenvalue weighted by Gasteiger charge is 2.17. The predicted octanol–water partition coefficient (Wildman–Crippen LogP) is 3.56. The van der Waals surface area contributed by atoms with Crippen LogP contribution in [0.25, 0.3) is 0 Å². The number of hydrogen-bond acceptors (Lipinski definition) is 5. The Balaban J connectivity index is 1.75. The number of carbonyl (C=O) groups excluding carboxylic acids is 4. The van der Waals surface area contributed by atoms with Gasteiger partial charge in [0.25, 0.3) is 5.91 Å². The van der Waals surface area contributed by atoms with Crippen molar-refractivity contribution in [3.63, 3.8) is 0 Å². The molecule has 0 aliphatic heterocycles. The van der Waals surface area contributed by atoms with E-state index in [2.05, 4.69) is 5.32 Å². The second kappa shape index (κ2) is 11.3. The smallest absolute Gasteiger partial charge is 0.306 e. The summed E-state index contributed by atoms with van der Waals surface area (Å²) in [5.41, 5.74) is 2.82. The topological polar surface area (TPSA) is 92.8 Å². The van der Waals surface area contributed by atoms with Gasteiger partial charge in [-0.25, -0.2) is 0 Å². The summed E-state index contributed by atoms with van der Waals surface area (Å²) in [6, 6.07) is 12.3. The summed E-state index contributed by atoms with van der Waals surface area (Å²) in [7, 11) is 1.42. The number of ether oxygens (including phenoxy) is 1. The largest absolute Gasteiger partial charge is 0.456 e. The number of Topliss-reactive ketones (excluding diaryl/α,β-unsaturated/α-hetero) is 1. The molecule has 2 aromatic rings. The number of carbonyl (C=O) groups is 4. The first kappa shape index (κ1) is 24.1. The number of anilines is 1. The fourth-order valence-corrected chi connectivity index (χ4v) is 2.95. The van der Waals surface area contributed by atoms with Gasteiger partial charge in [0, 0.05) is 19.0 Å². The average Bonchev–Trinajstić information content (AvgIpc) is 2.73. The number of nitrogens with one attached hydrogen (secondary N) is 1. The van der Waals surface area contributed by atoms with Crippen LogP contribution in [-0.4, -0.2) is 48.7 Å². The zero-order valence-corrected chi connectivity index (χ0v) is 18.5. The fraction of sp³-hybridized carbons (Fsp3) is 0.304. The van der Waals surface area contributed by atoms with Crippen molar-refractivity contribution >= 4 is 40.9 Å². The van der Waals surface area contributed by atoms with Crippen molar-refractivity contribution in [1.82, 2.24) is 4.90 Å². The highest BCUT2D eigenvalue weighted by molar-refractivity contribution is 6.33. The van der Waals surface area contributed by atoms with Gasteiger partial charge in [-0.1, -0.05) is 41.4 Å². The molecule has 0 fully saturated rings. The lowest BCUT2D eigenvalue weighted by atomic mass is 9.99. The molecule has 2 rings (SSSR count). The molecule has 0 spiro atoms. The highest BCUT2D eigenvalue weighted by atomic mass is 35.5. The number of aryl methyl sites for hydroxylation is 2. The van der Waals surface area contributed by atoms with Crippen LogP contribution in [0.4, 0.5) is 5.69 Å². The Labute approximate surface area is 186 Å². The molecule has 0 bridgehead atoms. The zero-order valence-electron chi connectivity index (χ0n) is 17.7. The standard InChI is InChI=1S/C23H25ClN2O5/c1-15-8-9-16(2)17(12-15)20(27)10-11-23(30)31-14-22(29)26(3)13-21(28)25-19-7-5-4-6-18(19)24/h4-9,12H,10-11,13-14H2,1-3H3,(H,25,28). The minimum absolute atomic E-state index is 0.00655. The van der Waals surface area contributed by atoms with Crippen molar-refractivity contribution < 1.29 is 23.9 Å². The third-order valence-corrected chi connectivity index (χ3v) is 4.89. The van der Waals surface area contributed by atoms with Crippen LogP contribution in [0.3, 0.4) is 0 Å². The molecule has 164 valence electrons. The van der Waals surface area contributed by atoms with Crippen LogP contribution in [0.5, 0.6) is 0 Å². The number of rotatable bonds is 9. The molecule has 7 nitrogen and oxygen atoms in total. The molecular formula is C23H25ClN2O5. The molecule has 0 saturated carbocycles. The Bertz CT molecular complexity index is 990. The lowest BCUT2D eigenvalue weighted by Gasteiger charge is -2.17. The van der Waals surface area contributed by atoms with Crippen LogP contribution in [0.2, 0.25) is 5.02 Å². The van der Waals surface area contributed by atoms with Crippen LogP contribution in [0, 0.1) is 13.8 Å². The van der Waals surface area contributed by atoms with Gasteiger partial charge in [0.2, 0.25) is 5.91 Å². The molecule has 0 aliphatic rings. The van der Waals surface area contributed by atoms with Gasteiger partial charge in [0.1, 0.15) is 0 Å². The Kier molecular flexibility index (Phi) is 8.75. The second-order valence-electron chi connectivity index (χ2n) is 7.18. The maximum Gasteiger partial charge on any atom is 0.306 e. The van der Waals surface area contributed by atoms with Gasteiger partial charge in [-0.3, -0.25) is 19.2 Å². The average molecular weight is 445 g/mol. The number of hydrogen-bond donors (Lipinski definition) is 1. The molecule has 0 aliphatic carbocycles. The van der Waals surface area contributed by atoms with E-state index in [1.165, 1.54) is 7.05 Å². The van der Waals surface area contributed by atoms with Crippen molar-refractivity contribution in [3.8, 4) is 0 Å². The van der Waals surface area contributed by atoms with Crippen molar-refractivity contribution in [2.45, 2.75) is 26.7 Å². The normalized spacial score (nSPS) is 10.3. The maximum absolute atomic E-state index is 12.3. The van der Waals surface area contributed by atoms with E-state index in [-0.39, 0.29) is 25.2 Å². The monoisotopic (exact) mass is 444 g/mol. The van der Waals surface area contributed by atoms with Crippen LogP contribution in [0.15, 0.2) is 42.5 Å². The van der Waals surface area contributed by atoms with Gasteiger partial charge in [-0.15, -0.1) is 0 Å². The summed E-state index contributed by atoms with van der Waals surface area (Å²) in [6.07, 6.45) is -0.135. The first-order valence-corrected chi connectivity index (χ1v) is 10.1. The molecule has 0 radical (unpaired) electrons. The summed E-state index contributed by atoms with van der Waals surface area (Å²) < 4.78 is 4.95. The molecule has 31 heavy (non-hydrogen) atoms. The molecule has 0 heterocycles. The highest BCUT2D eigenvalue weighted by Crippen LogP contribution is 2.20. The molecule has 0 unspecified atom stereocenters.